The van der Waals surface area contributed by atoms with Gasteiger partial charge in [-0.3, -0.25) is 4.79 Å². The number of ketones is 1. The molecule has 0 aliphatic heterocycles. The maximum absolute atomic E-state index is 12.7. The van der Waals surface area contributed by atoms with Gasteiger partial charge < -0.3 is 9.47 Å². The smallest absolute Gasteiger partial charge is 0.167 e. The number of Topliss-reactive ketones (excluding diaryl/α,β-unsaturated/α-hetero) is 1. The van der Waals surface area contributed by atoms with E-state index in [1.807, 2.05) is 60.7 Å². The summed E-state index contributed by atoms with van der Waals surface area (Å²) in [6.45, 7) is 0. The van der Waals surface area contributed by atoms with Crippen molar-refractivity contribution in [1.29, 1.82) is 0 Å². The number of fused-ring (bicyclic) bond motifs is 1. The largest absolute Gasteiger partial charge is 0.497 e. The van der Waals surface area contributed by atoms with Gasteiger partial charge in [-0.25, -0.2) is 0 Å². The van der Waals surface area contributed by atoms with Crippen LogP contribution in [0.1, 0.15) is 15.9 Å². The van der Waals surface area contributed by atoms with Gasteiger partial charge in [0.1, 0.15) is 11.5 Å². The lowest BCUT2D eigenvalue weighted by Crippen LogP contribution is -2.05. The molecular weight excluding hydrogens is 288 g/mol. The van der Waals surface area contributed by atoms with Gasteiger partial charge in [-0.15, -0.1) is 0 Å². The molecular formula is C20H18O3. The van der Waals surface area contributed by atoms with E-state index < -0.39 is 0 Å². The predicted octanol–water partition coefficient (Wildman–Crippen LogP) is 4.28. The van der Waals surface area contributed by atoms with Crippen LogP contribution in [0, 0.1) is 0 Å². The van der Waals surface area contributed by atoms with Crippen LogP contribution in [0.5, 0.6) is 11.5 Å². The standard InChI is InChI=1S/C20H18O3/c1-22-15-7-5-6-14(12-15)13-19(21)17-10-11-20(23-2)18-9-4-3-8-16(17)18/h3-12H,13H2,1-2H3. The lowest BCUT2D eigenvalue weighted by atomic mass is 9.97. The van der Waals surface area contributed by atoms with Crippen LogP contribution in [-0.2, 0) is 6.42 Å². The minimum absolute atomic E-state index is 0.0807. The first-order chi connectivity index (χ1) is 11.2. The van der Waals surface area contributed by atoms with Gasteiger partial charge in [0.2, 0.25) is 0 Å². The number of hydrogen-bond donors (Lipinski definition) is 0. The molecule has 0 unspecified atom stereocenters. The number of carbonyl (C=O) groups excluding carboxylic acids is 1. The van der Waals surface area contributed by atoms with E-state index in [1.54, 1.807) is 14.2 Å². The fraction of sp³-hybridized carbons (Fsp3) is 0.150. The first kappa shape index (κ1) is 15.1. The number of carbonyl (C=O) groups is 1. The summed E-state index contributed by atoms with van der Waals surface area (Å²) >= 11 is 0. The van der Waals surface area contributed by atoms with E-state index >= 15 is 0 Å². The van der Waals surface area contributed by atoms with Crippen molar-refractivity contribution >= 4 is 16.6 Å². The third-order valence-electron chi connectivity index (χ3n) is 3.90. The summed E-state index contributed by atoms with van der Waals surface area (Å²) in [7, 11) is 3.26. The van der Waals surface area contributed by atoms with Crippen LogP contribution in [0.3, 0.4) is 0 Å². The third kappa shape index (κ3) is 3.04. The second-order valence-corrected chi connectivity index (χ2v) is 5.31. The highest BCUT2D eigenvalue weighted by molar-refractivity contribution is 6.10. The number of hydrogen-bond acceptors (Lipinski definition) is 3. The normalized spacial score (nSPS) is 10.5. The van der Waals surface area contributed by atoms with E-state index in [1.165, 1.54) is 0 Å². The molecule has 0 fully saturated rings. The molecule has 0 amide bonds. The SMILES string of the molecule is COc1cccc(CC(=O)c2ccc(OC)c3ccccc23)c1. The van der Waals surface area contributed by atoms with Crippen LogP contribution < -0.4 is 9.47 Å². The summed E-state index contributed by atoms with van der Waals surface area (Å²) in [4.78, 5) is 12.7. The van der Waals surface area contributed by atoms with Crippen LogP contribution >= 0.6 is 0 Å². The summed E-state index contributed by atoms with van der Waals surface area (Å²) in [5.74, 6) is 1.62. The Morgan fingerprint density at radius 1 is 0.870 bits per heavy atom. The highest BCUT2D eigenvalue weighted by Gasteiger charge is 2.13. The Morgan fingerprint density at radius 3 is 2.39 bits per heavy atom. The van der Waals surface area contributed by atoms with Crippen LogP contribution in [0.15, 0.2) is 60.7 Å². The topological polar surface area (TPSA) is 35.5 Å². The molecule has 0 bridgehead atoms. The number of ether oxygens (including phenoxy) is 2. The Labute approximate surface area is 135 Å². The molecule has 3 aromatic rings. The van der Waals surface area contributed by atoms with Gasteiger partial charge in [-0.2, -0.15) is 0 Å². The number of methoxy groups -OCH3 is 2. The van der Waals surface area contributed by atoms with E-state index in [0.717, 1.165) is 27.8 Å². The average molecular weight is 306 g/mol. The maximum Gasteiger partial charge on any atom is 0.167 e. The summed E-state index contributed by atoms with van der Waals surface area (Å²) in [5.41, 5.74) is 1.65. The zero-order valence-corrected chi connectivity index (χ0v) is 13.2. The van der Waals surface area contributed by atoms with Gasteiger partial charge in [-0.05, 0) is 35.2 Å². The second kappa shape index (κ2) is 6.53. The molecule has 0 spiro atoms. The Bertz CT molecular complexity index is 852. The number of benzene rings is 3. The summed E-state index contributed by atoms with van der Waals surface area (Å²) < 4.78 is 10.6. The maximum atomic E-state index is 12.7. The van der Waals surface area contributed by atoms with Gasteiger partial charge in [0.25, 0.3) is 0 Å². The molecule has 3 nitrogen and oxygen atoms in total. The first-order valence-corrected chi connectivity index (χ1v) is 7.45. The van der Waals surface area contributed by atoms with Gasteiger partial charge in [0, 0.05) is 17.4 Å². The highest BCUT2D eigenvalue weighted by Crippen LogP contribution is 2.29. The zero-order valence-electron chi connectivity index (χ0n) is 13.2. The molecule has 0 radical (unpaired) electrons. The molecule has 3 heteroatoms. The molecule has 0 heterocycles. The summed E-state index contributed by atoms with van der Waals surface area (Å²) in [5, 5.41) is 1.87. The molecule has 0 aliphatic carbocycles. The van der Waals surface area contributed by atoms with E-state index in [0.29, 0.717) is 12.0 Å². The monoisotopic (exact) mass is 306 g/mol. The van der Waals surface area contributed by atoms with E-state index in [9.17, 15) is 4.79 Å². The molecule has 3 rings (SSSR count). The van der Waals surface area contributed by atoms with Gasteiger partial charge in [0.05, 0.1) is 14.2 Å². The molecule has 0 N–H and O–H groups in total. The fourth-order valence-electron chi connectivity index (χ4n) is 2.76. The highest BCUT2D eigenvalue weighted by atomic mass is 16.5. The van der Waals surface area contributed by atoms with Crippen molar-refractivity contribution in [2.45, 2.75) is 6.42 Å². The lowest BCUT2D eigenvalue weighted by molar-refractivity contribution is 0.0994. The molecule has 0 saturated heterocycles. The Balaban J connectivity index is 1.98. The van der Waals surface area contributed by atoms with Crippen LogP contribution in [0.4, 0.5) is 0 Å². The summed E-state index contributed by atoms with van der Waals surface area (Å²) in [6, 6.07) is 19.1. The molecule has 0 aromatic heterocycles. The zero-order chi connectivity index (χ0) is 16.2. The first-order valence-electron chi connectivity index (χ1n) is 7.45. The van der Waals surface area contributed by atoms with Crippen LogP contribution in [0.25, 0.3) is 10.8 Å². The van der Waals surface area contributed by atoms with Gasteiger partial charge in [0.15, 0.2) is 5.78 Å². The Kier molecular flexibility index (Phi) is 4.29. The Morgan fingerprint density at radius 2 is 1.65 bits per heavy atom. The van der Waals surface area contributed by atoms with Crippen molar-refractivity contribution in [3.8, 4) is 11.5 Å². The minimum atomic E-state index is 0.0807. The van der Waals surface area contributed by atoms with Crippen molar-refractivity contribution in [1.82, 2.24) is 0 Å². The van der Waals surface area contributed by atoms with Crippen molar-refractivity contribution in [3.63, 3.8) is 0 Å². The fourth-order valence-corrected chi connectivity index (χ4v) is 2.76. The van der Waals surface area contributed by atoms with E-state index in [-0.39, 0.29) is 5.78 Å². The molecule has 0 saturated carbocycles. The van der Waals surface area contributed by atoms with E-state index in [2.05, 4.69) is 0 Å². The molecule has 0 aliphatic rings. The second-order valence-electron chi connectivity index (χ2n) is 5.31. The van der Waals surface area contributed by atoms with Crippen molar-refractivity contribution < 1.29 is 14.3 Å². The van der Waals surface area contributed by atoms with Gasteiger partial charge >= 0.3 is 0 Å². The Hall–Kier alpha value is -2.81. The van der Waals surface area contributed by atoms with E-state index in [4.69, 9.17) is 9.47 Å². The summed E-state index contributed by atoms with van der Waals surface area (Å²) in [6.07, 6.45) is 0.341. The molecule has 23 heavy (non-hydrogen) atoms. The van der Waals surface area contributed by atoms with Crippen LogP contribution in [-0.4, -0.2) is 20.0 Å². The lowest BCUT2D eigenvalue weighted by Gasteiger charge is -2.10. The molecule has 3 aromatic carbocycles. The van der Waals surface area contributed by atoms with Gasteiger partial charge in [-0.1, -0.05) is 36.4 Å². The number of rotatable bonds is 5. The minimum Gasteiger partial charge on any atom is -0.497 e. The average Bonchev–Trinajstić information content (AvgIpc) is 2.60. The van der Waals surface area contributed by atoms with Crippen LogP contribution in [0.2, 0.25) is 0 Å². The third-order valence-corrected chi connectivity index (χ3v) is 3.90. The quantitative estimate of drug-likeness (QED) is 0.660. The predicted molar refractivity (Wildman–Crippen MR) is 91.5 cm³/mol. The van der Waals surface area contributed by atoms with Crippen molar-refractivity contribution in [2.75, 3.05) is 14.2 Å². The van der Waals surface area contributed by atoms with Crippen molar-refractivity contribution in [2.24, 2.45) is 0 Å². The molecule has 116 valence electrons. The molecule has 0 atom stereocenters. The van der Waals surface area contributed by atoms with Crippen molar-refractivity contribution in [3.05, 3.63) is 71.8 Å².